The van der Waals surface area contributed by atoms with E-state index in [0.717, 1.165) is 0 Å². The van der Waals surface area contributed by atoms with Crippen LogP contribution in [-0.2, 0) is 10.0 Å². The maximum atomic E-state index is 11.2. The van der Waals surface area contributed by atoms with Crippen molar-refractivity contribution in [2.24, 2.45) is 0 Å². The molecule has 1 aromatic rings. The van der Waals surface area contributed by atoms with Gasteiger partial charge in [0.2, 0.25) is 10.0 Å². The summed E-state index contributed by atoms with van der Waals surface area (Å²) in [6, 6.07) is 4.02. The van der Waals surface area contributed by atoms with E-state index in [1.165, 1.54) is 18.2 Å². The molecule has 13 heavy (non-hydrogen) atoms. The molecular formula is C7H6Cl2NO2S. The van der Waals surface area contributed by atoms with Crippen molar-refractivity contribution in [2.45, 2.75) is 4.90 Å². The minimum atomic E-state index is -3.54. The summed E-state index contributed by atoms with van der Waals surface area (Å²) >= 11 is 11.2. The van der Waals surface area contributed by atoms with Crippen molar-refractivity contribution in [3.05, 3.63) is 35.3 Å². The van der Waals surface area contributed by atoms with E-state index >= 15 is 0 Å². The summed E-state index contributed by atoms with van der Waals surface area (Å²) in [6.07, 6.45) is 0. The summed E-state index contributed by atoms with van der Waals surface area (Å²) < 4.78 is 24.3. The summed E-state index contributed by atoms with van der Waals surface area (Å²) in [5.74, 6) is 0. The highest BCUT2D eigenvalue weighted by atomic mass is 35.5. The number of hydrogen-bond acceptors (Lipinski definition) is 2. The van der Waals surface area contributed by atoms with E-state index < -0.39 is 10.0 Å². The van der Waals surface area contributed by atoms with Crippen LogP contribution < -0.4 is 4.72 Å². The fourth-order valence-corrected chi connectivity index (χ4v) is 1.78. The van der Waals surface area contributed by atoms with Crippen LogP contribution in [0.3, 0.4) is 0 Å². The van der Waals surface area contributed by atoms with Gasteiger partial charge in [0.15, 0.2) is 0 Å². The summed E-state index contributed by atoms with van der Waals surface area (Å²) in [5.41, 5.74) is 0. The van der Waals surface area contributed by atoms with Gasteiger partial charge in [-0.05, 0) is 18.2 Å². The average Bonchev–Trinajstić information content (AvgIpc) is 2.09. The molecule has 0 spiro atoms. The molecule has 0 amide bonds. The van der Waals surface area contributed by atoms with Crippen molar-refractivity contribution in [2.75, 3.05) is 0 Å². The molecule has 0 aliphatic carbocycles. The Hall–Kier alpha value is -0.290. The van der Waals surface area contributed by atoms with Gasteiger partial charge in [-0.1, -0.05) is 23.2 Å². The lowest BCUT2D eigenvalue weighted by Gasteiger charge is -2.02. The fourth-order valence-electron chi connectivity index (χ4n) is 0.727. The second kappa shape index (κ2) is 3.84. The first-order valence-corrected chi connectivity index (χ1v) is 5.45. The van der Waals surface area contributed by atoms with Crippen LogP contribution >= 0.6 is 23.2 Å². The van der Waals surface area contributed by atoms with E-state index in [0.29, 0.717) is 5.02 Å². The molecule has 0 heterocycles. The Labute approximate surface area is 86.7 Å². The van der Waals surface area contributed by atoms with Crippen LogP contribution in [0.4, 0.5) is 0 Å². The zero-order valence-corrected chi connectivity index (χ0v) is 8.75. The molecule has 6 heteroatoms. The molecule has 1 N–H and O–H groups in total. The van der Waals surface area contributed by atoms with Crippen molar-refractivity contribution in [3.8, 4) is 0 Å². The molecule has 0 bridgehead atoms. The topological polar surface area (TPSA) is 46.2 Å². The van der Waals surface area contributed by atoms with Gasteiger partial charge in [-0.2, -0.15) is 0 Å². The molecular weight excluding hydrogens is 233 g/mol. The highest BCUT2D eigenvalue weighted by molar-refractivity contribution is 7.89. The molecule has 1 rings (SSSR count). The van der Waals surface area contributed by atoms with Gasteiger partial charge in [0.1, 0.15) is 0 Å². The molecule has 71 valence electrons. The van der Waals surface area contributed by atoms with E-state index in [-0.39, 0.29) is 9.92 Å². The second-order valence-electron chi connectivity index (χ2n) is 2.22. The fraction of sp³-hybridized carbons (Fsp3) is 0. The van der Waals surface area contributed by atoms with E-state index in [4.69, 9.17) is 23.2 Å². The van der Waals surface area contributed by atoms with Crippen LogP contribution in [0, 0.1) is 7.05 Å². The number of benzene rings is 1. The third-order valence-electron chi connectivity index (χ3n) is 1.39. The van der Waals surface area contributed by atoms with Crippen LogP contribution in [0.5, 0.6) is 0 Å². The van der Waals surface area contributed by atoms with Gasteiger partial charge in [-0.15, -0.1) is 0 Å². The maximum Gasteiger partial charge on any atom is 0.240 e. The largest absolute Gasteiger partial charge is 0.240 e. The Morgan fingerprint density at radius 1 is 1.23 bits per heavy atom. The minimum absolute atomic E-state index is 0.0388. The Balaban J connectivity index is 3.27. The van der Waals surface area contributed by atoms with Crippen LogP contribution in [0.2, 0.25) is 10.0 Å². The summed E-state index contributed by atoms with van der Waals surface area (Å²) in [6.45, 7) is 0. The van der Waals surface area contributed by atoms with Crippen LogP contribution in [0.25, 0.3) is 0 Å². The first-order valence-electron chi connectivity index (χ1n) is 3.21. The Morgan fingerprint density at radius 3 is 2.31 bits per heavy atom. The molecule has 0 saturated heterocycles. The molecule has 1 aromatic carbocycles. The van der Waals surface area contributed by atoms with Gasteiger partial charge in [-0.25, -0.2) is 13.1 Å². The van der Waals surface area contributed by atoms with Crippen molar-refractivity contribution in [1.29, 1.82) is 0 Å². The Bertz CT molecular complexity index is 417. The lowest BCUT2D eigenvalue weighted by atomic mass is 10.4. The smallest absolute Gasteiger partial charge is 0.210 e. The molecule has 0 fully saturated rings. The van der Waals surface area contributed by atoms with Crippen molar-refractivity contribution >= 4 is 33.2 Å². The Kier molecular flexibility index (Phi) is 3.18. The van der Waals surface area contributed by atoms with Crippen molar-refractivity contribution in [1.82, 2.24) is 4.72 Å². The van der Waals surface area contributed by atoms with Gasteiger partial charge in [-0.3, -0.25) is 0 Å². The van der Waals surface area contributed by atoms with Gasteiger partial charge in [0.05, 0.1) is 14.9 Å². The van der Waals surface area contributed by atoms with Gasteiger partial charge in [0, 0.05) is 7.05 Å². The summed E-state index contributed by atoms with van der Waals surface area (Å²) in [7, 11) is -0.470. The molecule has 1 radical (unpaired) electrons. The normalized spacial score (nSPS) is 11.6. The third-order valence-corrected chi connectivity index (χ3v) is 3.38. The molecule has 0 unspecified atom stereocenters. The first-order chi connectivity index (χ1) is 5.97. The SMILES string of the molecule is [CH2]NS(=O)(=O)c1ccc(Cl)c(Cl)c1. The standard InChI is InChI=1S/C7H6Cl2NO2S/c1-10-13(11,12)5-2-3-6(8)7(9)4-5/h2-4,10H,1H2. The van der Waals surface area contributed by atoms with Crippen molar-refractivity contribution < 1.29 is 8.42 Å². The number of sulfonamides is 1. The van der Waals surface area contributed by atoms with Gasteiger partial charge >= 0.3 is 0 Å². The monoisotopic (exact) mass is 238 g/mol. The molecule has 0 saturated carbocycles. The summed E-state index contributed by atoms with van der Waals surface area (Å²) in [5, 5.41) is 0.502. The van der Waals surface area contributed by atoms with E-state index in [1.807, 2.05) is 4.72 Å². The highest BCUT2D eigenvalue weighted by Gasteiger charge is 2.12. The van der Waals surface area contributed by atoms with Gasteiger partial charge < -0.3 is 0 Å². The minimum Gasteiger partial charge on any atom is -0.210 e. The predicted octanol–water partition coefficient (Wildman–Crippen LogP) is 2.06. The van der Waals surface area contributed by atoms with Crippen LogP contribution in [-0.4, -0.2) is 8.42 Å². The van der Waals surface area contributed by atoms with Crippen LogP contribution in [0.1, 0.15) is 0 Å². The van der Waals surface area contributed by atoms with E-state index in [9.17, 15) is 8.42 Å². The first kappa shape index (κ1) is 10.8. The average molecular weight is 239 g/mol. The lowest BCUT2D eigenvalue weighted by Crippen LogP contribution is -2.16. The zero-order valence-electron chi connectivity index (χ0n) is 6.42. The number of rotatable bonds is 2. The predicted molar refractivity (Wildman–Crippen MR) is 52.1 cm³/mol. The summed E-state index contributed by atoms with van der Waals surface area (Å²) in [4.78, 5) is 0.0388. The third kappa shape index (κ3) is 2.34. The quantitative estimate of drug-likeness (QED) is 0.858. The zero-order chi connectivity index (χ0) is 10.1. The van der Waals surface area contributed by atoms with Gasteiger partial charge in [0.25, 0.3) is 0 Å². The maximum absolute atomic E-state index is 11.2. The van der Waals surface area contributed by atoms with E-state index in [2.05, 4.69) is 7.05 Å². The molecule has 0 aliphatic heterocycles. The Morgan fingerprint density at radius 2 is 1.85 bits per heavy atom. The molecule has 0 aromatic heterocycles. The molecule has 0 atom stereocenters. The van der Waals surface area contributed by atoms with E-state index in [1.54, 1.807) is 0 Å². The van der Waals surface area contributed by atoms with Crippen molar-refractivity contribution in [3.63, 3.8) is 0 Å². The molecule has 0 aliphatic rings. The highest BCUT2D eigenvalue weighted by Crippen LogP contribution is 2.24. The number of nitrogens with one attached hydrogen (secondary N) is 1. The lowest BCUT2D eigenvalue weighted by molar-refractivity contribution is 0.590. The van der Waals surface area contributed by atoms with Crippen LogP contribution in [0.15, 0.2) is 23.1 Å². The number of hydrogen-bond donors (Lipinski definition) is 1. The second-order valence-corrected chi connectivity index (χ2v) is 4.81. The molecule has 3 nitrogen and oxygen atoms in total. The number of halogens is 2.